The van der Waals surface area contributed by atoms with Crippen LogP contribution in [0.4, 0.5) is 53.1 Å². The van der Waals surface area contributed by atoms with Gasteiger partial charge in [-0.2, -0.15) is 8.78 Å². The van der Waals surface area contributed by atoms with Crippen LogP contribution < -0.4 is 23.5 Å². The van der Waals surface area contributed by atoms with Gasteiger partial charge in [-0.15, -0.1) is 12.4 Å². The number of aliphatic hydroxyl groups excluding tert-OH is 1. The summed E-state index contributed by atoms with van der Waals surface area (Å²) >= 11 is 4.52. The fourth-order valence-corrected chi connectivity index (χ4v) is 7.48. The minimum absolute atomic E-state index is 0. The van der Waals surface area contributed by atoms with Crippen molar-refractivity contribution < 1.29 is 112 Å². The number of nitrogens with one attached hydrogen (secondary N) is 1. The van der Waals surface area contributed by atoms with E-state index in [-0.39, 0.29) is 52.5 Å². The highest BCUT2D eigenvalue weighted by Gasteiger charge is 2.35. The van der Waals surface area contributed by atoms with Crippen LogP contribution in [0.5, 0.6) is 0 Å². The topological polar surface area (TPSA) is 165 Å². The van der Waals surface area contributed by atoms with Gasteiger partial charge in [0.1, 0.15) is 36.2 Å². The minimum Gasteiger partial charge on any atom is -1.00 e. The molecule has 0 saturated heterocycles. The fraction of sp³-hybridized carbons (Fsp3) is 0.414. The lowest BCUT2D eigenvalue weighted by Gasteiger charge is -2.22. The van der Waals surface area contributed by atoms with Gasteiger partial charge < -0.3 is 47.5 Å². The van der Waals surface area contributed by atoms with E-state index in [4.69, 9.17) is 22.1 Å². The molecule has 0 aromatic heterocycles. The molecule has 6 rings (SSSR count). The number of benzene rings is 6. The van der Waals surface area contributed by atoms with Gasteiger partial charge in [0.2, 0.25) is 0 Å². The van der Waals surface area contributed by atoms with E-state index in [1.165, 1.54) is 64.7 Å². The monoisotopic (exact) mass is 1420 g/mol. The zero-order chi connectivity index (χ0) is 70.8. The van der Waals surface area contributed by atoms with Gasteiger partial charge in [0, 0.05) is 32.3 Å². The molecule has 0 saturated carbocycles. The predicted molar refractivity (Wildman–Crippen MR) is 354 cm³/mol. The van der Waals surface area contributed by atoms with Crippen LogP contribution in [-0.2, 0) is 33.3 Å². The molecular weight excluding hydrogens is 1320 g/mol. The third-order valence-electron chi connectivity index (χ3n) is 12.7. The molecular formula is C70H91Cl2F11N2O9S. The zero-order valence-electron chi connectivity index (χ0n) is 55.0. The van der Waals surface area contributed by atoms with Crippen molar-refractivity contribution in [3.63, 3.8) is 0 Å². The van der Waals surface area contributed by atoms with Gasteiger partial charge in [-0.1, -0.05) is 183 Å². The lowest BCUT2D eigenvalue weighted by molar-refractivity contribution is -0.409. The number of halogens is 13. The van der Waals surface area contributed by atoms with Crippen LogP contribution in [0.1, 0.15) is 141 Å². The van der Waals surface area contributed by atoms with Crippen molar-refractivity contribution >= 4 is 54.0 Å². The van der Waals surface area contributed by atoms with Crippen LogP contribution in [0.3, 0.4) is 0 Å². The van der Waals surface area contributed by atoms with Gasteiger partial charge in [-0.25, -0.2) is 44.3 Å². The number of quaternary nitrogens is 1. The Kier molecular flexibility index (Phi) is 42.8. The molecule has 0 radical (unpaired) electrons. The van der Waals surface area contributed by atoms with E-state index >= 15 is 0 Å². The van der Waals surface area contributed by atoms with E-state index in [0.717, 1.165) is 0 Å². The maximum atomic E-state index is 14.5. The number of rotatable bonds is 23. The summed E-state index contributed by atoms with van der Waals surface area (Å²) in [5, 5.41) is 11.0. The van der Waals surface area contributed by atoms with Crippen molar-refractivity contribution in [2.45, 2.75) is 151 Å². The molecule has 0 fully saturated rings. The Bertz CT molecular complexity index is 3220. The molecule has 95 heavy (non-hydrogen) atoms. The average Bonchev–Trinajstić information content (AvgIpc) is 0.875. The van der Waals surface area contributed by atoms with E-state index in [0.29, 0.717) is 57.0 Å². The highest BCUT2D eigenvalue weighted by Crippen LogP contribution is 2.31. The fourth-order valence-electron chi connectivity index (χ4n) is 7.36. The molecule has 0 spiro atoms. The second-order valence-corrected chi connectivity index (χ2v) is 21.4. The lowest BCUT2D eigenvalue weighted by atomic mass is 9.97. The lowest BCUT2D eigenvalue weighted by Crippen LogP contribution is -3.00. The van der Waals surface area contributed by atoms with Gasteiger partial charge >= 0.3 is 29.9 Å². The van der Waals surface area contributed by atoms with Gasteiger partial charge in [-0.3, -0.25) is 14.4 Å². The molecule has 0 aliphatic carbocycles. The van der Waals surface area contributed by atoms with Crippen molar-refractivity contribution in [3.8, 4) is 33.4 Å². The zero-order valence-corrected chi connectivity index (χ0v) is 55.4. The summed E-state index contributed by atoms with van der Waals surface area (Å²) in [5.41, 5.74) is 6.60. The van der Waals surface area contributed by atoms with Crippen LogP contribution >= 0.6 is 24.6 Å². The quantitative estimate of drug-likeness (QED) is 0.0243. The molecule has 0 bridgehead atoms. The standard InChI is InChI=1S/C23H26F3NO4.C20H19F3O2S.C18H18F3NO2.C4H8F2O.C2H6.3CH4.2ClH/c1-15(17-10-11-18(19(24)12-17)16-8-6-5-7-9-16)20(28)30-14-23(25,26)13-27-21(29)31-22(2,3)4;1-14(19(24)25-13-20(22,23)10-5-11-26)16-8-9-17(18(21)12-16)15-6-3-2-4-7-15;1-12(17(23)24-11-18(20,21)10-22)14-7-8-15(16(19)9-14)13-5-3-2-4-6-13;1-2-4(5,6)3-7;1-2;;;;;/h5-12,15H,13-14H2,1-4H3,(H,27,29);2-4,6-9,11-12,14H,5,10,13H2,1H3;2-9,12H,10-11,22H2,1H3;7H,2-3H2,1H3;1-2H3;3*1H4;2*1H/i;;;;1D;1T;;;;. The normalized spacial score (nSPS) is 11.9. The third kappa shape index (κ3) is 34.4. The van der Waals surface area contributed by atoms with E-state index in [9.17, 15) is 67.5 Å². The van der Waals surface area contributed by atoms with Crippen LogP contribution in [0.25, 0.3) is 33.4 Å². The number of amides is 1. The van der Waals surface area contributed by atoms with Gasteiger partial charge in [0.15, 0.2) is 19.8 Å². The van der Waals surface area contributed by atoms with E-state index < -0.39 is 134 Å². The Labute approximate surface area is 572 Å². The number of alkyl halides is 8. The first-order chi connectivity index (χ1) is 43.6. The number of esters is 3. The molecule has 0 aliphatic heterocycles. The average molecular weight is 1420 g/mol. The SMILES string of the molecule is C.C.CC(C(=O)OCC(F)(F)CCC=S)c1ccc(-c2ccccc2)c(F)c1.CC(C(=O)OCC(F)(F)CNC(=O)OC(C)(C)C)c1ccc(-c2ccccc2)c(F)c1.CC(C(=O)OCC(F)(F)C[NH3+])c1ccc(-c2ccccc2)c(F)c1.CCC(F)(F)CO.Cl.[2H]CC.[3H]C.[Cl-]. The number of carbonyl (C=O) groups is 4. The molecule has 3 unspecified atom stereocenters. The summed E-state index contributed by atoms with van der Waals surface area (Å²) in [5.74, 6) is -19.4. The number of aliphatic hydroxyl groups is 1. The van der Waals surface area contributed by atoms with Crippen LogP contribution in [0.15, 0.2) is 146 Å². The maximum absolute atomic E-state index is 14.5. The molecule has 1 amide bonds. The number of ether oxygens (including phenoxy) is 4. The molecule has 6 aromatic rings. The molecule has 25 heteroatoms. The Morgan fingerprint density at radius 3 is 1.15 bits per heavy atom. The number of thiocarbonyl (C=S) groups is 1. The Hall–Kier alpha value is -7.18. The summed E-state index contributed by atoms with van der Waals surface area (Å²) in [4.78, 5) is 47.6. The second-order valence-electron chi connectivity index (χ2n) is 21.1. The molecule has 11 nitrogen and oxygen atoms in total. The largest absolute Gasteiger partial charge is 1.00 e. The Morgan fingerprint density at radius 1 is 0.589 bits per heavy atom. The number of hydrogen-bond acceptors (Lipinski definition) is 10. The first-order valence-corrected chi connectivity index (χ1v) is 28.7. The summed E-state index contributed by atoms with van der Waals surface area (Å²) in [6, 6.07) is 39.9. The number of alkyl carbamates (subject to hydrolysis) is 1. The summed E-state index contributed by atoms with van der Waals surface area (Å²) in [7, 11) is 1.25. The smallest absolute Gasteiger partial charge is 0.407 e. The summed E-state index contributed by atoms with van der Waals surface area (Å²) in [6.45, 7) is 6.84. The maximum Gasteiger partial charge on any atom is 0.407 e. The minimum atomic E-state index is -3.49. The van der Waals surface area contributed by atoms with Crippen molar-refractivity contribution in [2.24, 2.45) is 0 Å². The number of hydrogen-bond donors (Lipinski definition) is 3. The molecule has 5 N–H and O–H groups in total. The Balaban J connectivity index is -0.000000607. The molecule has 532 valence electrons. The molecule has 6 aromatic carbocycles. The predicted octanol–water partition coefficient (Wildman–Crippen LogP) is 15.3. The van der Waals surface area contributed by atoms with Gasteiger partial charge in [0.25, 0.3) is 17.8 Å². The highest BCUT2D eigenvalue weighted by molar-refractivity contribution is 7.78. The van der Waals surface area contributed by atoms with Crippen molar-refractivity contribution in [2.75, 3.05) is 39.5 Å². The number of carbonyl (C=O) groups excluding carboxylic acids is 4. The van der Waals surface area contributed by atoms with E-state index in [2.05, 4.69) is 22.7 Å². The van der Waals surface area contributed by atoms with E-state index in [1.54, 1.807) is 131 Å². The van der Waals surface area contributed by atoms with Crippen LogP contribution in [-0.4, -0.2) is 103 Å². The molecule has 0 aliphatic rings. The van der Waals surface area contributed by atoms with Gasteiger partial charge in [0.05, 0.1) is 24.3 Å². The second kappa shape index (κ2) is 45.3. The molecule has 3 atom stereocenters. The van der Waals surface area contributed by atoms with Gasteiger partial charge in [-0.05, 0) is 105 Å². The van der Waals surface area contributed by atoms with Crippen molar-refractivity contribution in [1.82, 2.24) is 5.32 Å². The Morgan fingerprint density at radius 2 is 0.895 bits per heavy atom. The highest BCUT2D eigenvalue weighted by atomic mass is 35.5. The van der Waals surface area contributed by atoms with Crippen molar-refractivity contribution in [1.29, 1.82) is 0 Å². The first-order valence-electron chi connectivity index (χ1n) is 30.0. The van der Waals surface area contributed by atoms with Crippen LogP contribution in [0, 0.1) is 17.5 Å². The summed E-state index contributed by atoms with van der Waals surface area (Å²) in [6.07, 6.45) is -1.70. The van der Waals surface area contributed by atoms with Crippen molar-refractivity contribution in [3.05, 3.63) is 180 Å². The summed E-state index contributed by atoms with van der Waals surface area (Å²) < 4.78 is 178. The van der Waals surface area contributed by atoms with Crippen LogP contribution in [0.2, 0.25) is 0 Å². The third-order valence-corrected chi connectivity index (χ3v) is 12.9. The first kappa shape index (κ1) is 89.9. The molecule has 0 heterocycles. The van der Waals surface area contributed by atoms with E-state index in [1.807, 2.05) is 23.5 Å².